The fraction of sp³-hybridized carbons (Fsp3) is 0.217. The van der Waals surface area contributed by atoms with Crippen molar-refractivity contribution in [3.63, 3.8) is 0 Å². The van der Waals surface area contributed by atoms with E-state index in [0.717, 1.165) is 24.3 Å². The lowest BCUT2D eigenvalue weighted by molar-refractivity contribution is -0.203. The number of rotatable bonds is 8. The van der Waals surface area contributed by atoms with Crippen LogP contribution in [0.1, 0.15) is 18.4 Å². The summed E-state index contributed by atoms with van der Waals surface area (Å²) < 4.78 is 68.2. The predicted molar refractivity (Wildman–Crippen MR) is 123 cm³/mol. The molecule has 0 spiro atoms. The van der Waals surface area contributed by atoms with Crippen LogP contribution in [0.5, 0.6) is 5.75 Å². The van der Waals surface area contributed by atoms with Crippen LogP contribution in [0, 0.1) is 5.41 Å². The molecular formula is C23H21F3N2O6S. The van der Waals surface area contributed by atoms with E-state index in [-0.39, 0.29) is 5.69 Å². The molecule has 1 atom stereocenters. The van der Waals surface area contributed by atoms with Crippen LogP contribution in [-0.2, 0) is 19.6 Å². The maximum absolute atomic E-state index is 14.1. The quantitative estimate of drug-likeness (QED) is 0.312. The van der Waals surface area contributed by atoms with Gasteiger partial charge in [0.15, 0.2) is 5.41 Å². The molecule has 2 aromatic rings. The van der Waals surface area contributed by atoms with E-state index in [1.807, 2.05) is 4.72 Å². The van der Waals surface area contributed by atoms with E-state index in [4.69, 9.17) is 5.11 Å². The van der Waals surface area contributed by atoms with Gasteiger partial charge in [-0.3, -0.25) is 14.3 Å². The van der Waals surface area contributed by atoms with E-state index in [1.165, 1.54) is 12.2 Å². The number of carbonyl (C=O) groups excluding carboxylic acids is 1. The van der Waals surface area contributed by atoms with Crippen molar-refractivity contribution >= 4 is 38.8 Å². The first kappa shape index (κ1) is 25.8. The maximum atomic E-state index is 14.1. The molecule has 0 heterocycles. The first-order chi connectivity index (χ1) is 16.3. The number of carboxylic acids is 1. The van der Waals surface area contributed by atoms with Crippen molar-refractivity contribution in [2.45, 2.75) is 19.0 Å². The predicted octanol–water partition coefficient (Wildman–Crippen LogP) is 4.14. The molecule has 1 unspecified atom stereocenters. The highest BCUT2D eigenvalue weighted by Gasteiger charge is 2.58. The Morgan fingerprint density at radius 3 is 2.34 bits per heavy atom. The van der Waals surface area contributed by atoms with Crippen molar-refractivity contribution in [2.24, 2.45) is 5.41 Å². The molecule has 0 fully saturated rings. The van der Waals surface area contributed by atoms with E-state index >= 15 is 0 Å². The second-order valence-electron chi connectivity index (χ2n) is 7.78. The van der Waals surface area contributed by atoms with Gasteiger partial charge in [-0.05, 0) is 35.8 Å². The molecule has 0 radical (unpaired) electrons. The summed E-state index contributed by atoms with van der Waals surface area (Å²) in [5.74, 6) is -4.12. The van der Waals surface area contributed by atoms with E-state index in [1.54, 1.807) is 30.3 Å². The Kier molecular flexibility index (Phi) is 7.25. The summed E-state index contributed by atoms with van der Waals surface area (Å²) in [6.45, 7) is 0. The molecule has 4 N–H and O–H groups in total. The molecule has 3 rings (SSSR count). The Bertz CT molecular complexity index is 1290. The van der Waals surface area contributed by atoms with E-state index < -0.39 is 63.5 Å². The highest BCUT2D eigenvalue weighted by Crippen LogP contribution is 2.47. The van der Waals surface area contributed by atoms with Crippen molar-refractivity contribution in [3.8, 4) is 5.75 Å². The number of anilines is 2. The van der Waals surface area contributed by atoms with Crippen LogP contribution < -0.4 is 10.0 Å². The van der Waals surface area contributed by atoms with Gasteiger partial charge < -0.3 is 15.5 Å². The first-order valence-electron chi connectivity index (χ1n) is 10.2. The monoisotopic (exact) mass is 510 g/mol. The number of allylic oxidation sites excluding steroid dienone is 3. The smallest absolute Gasteiger partial charge is 0.406 e. The second kappa shape index (κ2) is 9.82. The van der Waals surface area contributed by atoms with Crippen molar-refractivity contribution < 1.29 is 41.4 Å². The number of amides is 1. The molecule has 186 valence electrons. The zero-order valence-electron chi connectivity index (χ0n) is 18.0. The molecule has 1 aliphatic carbocycles. The number of carboxylic acid groups (broad SMARTS) is 1. The zero-order valence-corrected chi connectivity index (χ0v) is 18.9. The van der Waals surface area contributed by atoms with Crippen molar-refractivity contribution in [2.75, 3.05) is 15.8 Å². The summed E-state index contributed by atoms with van der Waals surface area (Å²) in [4.78, 5) is 23.5. The summed E-state index contributed by atoms with van der Waals surface area (Å²) in [5, 5.41) is 20.7. The molecule has 8 nitrogen and oxygen atoms in total. The highest BCUT2D eigenvalue weighted by molar-refractivity contribution is 7.92. The van der Waals surface area contributed by atoms with Crippen LogP contribution in [0.2, 0.25) is 0 Å². The standard InChI is InChI=1S/C23H21F3N2O6S/c24-23(25,26)22(11-8-16(9-12-22)15-4-2-1-3-5-15)21(32)27-17-6-7-19(29)18(14-17)28-35(33,34)13-10-20(30)31/h1-9,11,14,28-29H,10,12-13H2,(H,27,32)(H,30,31). The Labute approximate surface area is 198 Å². The molecule has 0 saturated heterocycles. The normalized spacial score (nSPS) is 18.0. The van der Waals surface area contributed by atoms with E-state index in [9.17, 15) is 36.3 Å². The molecular weight excluding hydrogens is 489 g/mol. The fourth-order valence-electron chi connectivity index (χ4n) is 3.37. The van der Waals surface area contributed by atoms with Crippen LogP contribution in [0.25, 0.3) is 5.57 Å². The van der Waals surface area contributed by atoms with Gasteiger partial charge in [-0.2, -0.15) is 13.2 Å². The molecule has 1 aliphatic rings. The Morgan fingerprint density at radius 1 is 1.09 bits per heavy atom. The average Bonchev–Trinajstić information content (AvgIpc) is 2.79. The molecule has 2 aromatic carbocycles. The minimum absolute atomic E-state index is 0.210. The van der Waals surface area contributed by atoms with Crippen LogP contribution in [0.15, 0.2) is 66.8 Å². The Balaban J connectivity index is 1.83. The molecule has 35 heavy (non-hydrogen) atoms. The van der Waals surface area contributed by atoms with Crippen LogP contribution in [0.3, 0.4) is 0 Å². The summed E-state index contributed by atoms with van der Waals surface area (Å²) >= 11 is 0. The number of hydrogen-bond donors (Lipinski definition) is 4. The number of hydrogen-bond acceptors (Lipinski definition) is 5. The number of alkyl halides is 3. The van der Waals surface area contributed by atoms with Crippen LogP contribution in [0.4, 0.5) is 24.5 Å². The Hall–Kier alpha value is -3.80. The molecule has 1 amide bonds. The number of aromatic hydroxyl groups is 1. The van der Waals surface area contributed by atoms with Gasteiger partial charge in [0, 0.05) is 5.69 Å². The van der Waals surface area contributed by atoms with Gasteiger partial charge in [0.2, 0.25) is 15.9 Å². The number of phenols is 1. The van der Waals surface area contributed by atoms with Crippen molar-refractivity contribution in [1.29, 1.82) is 0 Å². The molecule has 12 heteroatoms. The fourth-order valence-corrected chi connectivity index (χ4v) is 4.41. The number of sulfonamides is 1. The van der Waals surface area contributed by atoms with Gasteiger partial charge >= 0.3 is 12.1 Å². The second-order valence-corrected chi connectivity index (χ2v) is 9.62. The number of phenolic OH excluding ortho intramolecular Hbond substituents is 1. The first-order valence-corrected chi connectivity index (χ1v) is 11.9. The van der Waals surface area contributed by atoms with Gasteiger partial charge in [0.05, 0.1) is 17.9 Å². The van der Waals surface area contributed by atoms with Crippen LogP contribution in [-0.4, -0.2) is 42.4 Å². The van der Waals surface area contributed by atoms with Gasteiger partial charge in [0.25, 0.3) is 0 Å². The third-order valence-electron chi connectivity index (χ3n) is 5.31. The largest absolute Gasteiger partial charge is 0.506 e. The number of aliphatic carboxylic acids is 1. The van der Waals surface area contributed by atoms with Gasteiger partial charge in [-0.1, -0.05) is 48.6 Å². The SMILES string of the molecule is O=C(O)CCS(=O)(=O)Nc1cc(NC(=O)C2(C(F)(F)F)C=CC(c3ccccc3)=CC2)ccc1O. The minimum Gasteiger partial charge on any atom is -0.506 e. The van der Waals surface area contributed by atoms with Crippen molar-refractivity contribution in [3.05, 3.63) is 72.3 Å². The average molecular weight is 510 g/mol. The van der Waals surface area contributed by atoms with Gasteiger partial charge in [0.1, 0.15) is 5.75 Å². The number of carbonyl (C=O) groups is 2. The molecule has 0 saturated carbocycles. The van der Waals surface area contributed by atoms with Gasteiger partial charge in [-0.15, -0.1) is 0 Å². The number of benzene rings is 2. The lowest BCUT2D eigenvalue weighted by atomic mass is 9.77. The number of nitrogens with one attached hydrogen (secondary N) is 2. The minimum atomic E-state index is -4.94. The zero-order chi connectivity index (χ0) is 25.9. The maximum Gasteiger partial charge on any atom is 0.406 e. The summed E-state index contributed by atoms with van der Waals surface area (Å²) in [6, 6.07) is 11.7. The molecule has 0 aliphatic heterocycles. The van der Waals surface area contributed by atoms with Crippen LogP contribution >= 0.6 is 0 Å². The van der Waals surface area contributed by atoms with Gasteiger partial charge in [-0.25, -0.2) is 8.42 Å². The third-order valence-corrected chi connectivity index (χ3v) is 6.59. The van der Waals surface area contributed by atoms with E-state index in [2.05, 4.69) is 5.32 Å². The lowest BCUT2D eigenvalue weighted by Crippen LogP contribution is -2.47. The van der Waals surface area contributed by atoms with Crippen molar-refractivity contribution in [1.82, 2.24) is 0 Å². The topological polar surface area (TPSA) is 133 Å². The van der Waals surface area contributed by atoms with E-state index in [0.29, 0.717) is 11.1 Å². The molecule has 0 bridgehead atoms. The lowest BCUT2D eigenvalue weighted by Gasteiger charge is -2.33. The summed E-state index contributed by atoms with van der Waals surface area (Å²) in [6.07, 6.45) is -2.96. The highest BCUT2D eigenvalue weighted by atomic mass is 32.2. The number of halogens is 3. The summed E-state index contributed by atoms with van der Waals surface area (Å²) in [7, 11) is -4.19. The summed E-state index contributed by atoms with van der Waals surface area (Å²) in [5.41, 5.74) is -2.29. The Morgan fingerprint density at radius 2 is 1.77 bits per heavy atom. The third kappa shape index (κ3) is 6.01. The molecule has 0 aromatic heterocycles.